The van der Waals surface area contributed by atoms with E-state index in [4.69, 9.17) is 27.7 Å². The van der Waals surface area contributed by atoms with Crippen molar-refractivity contribution in [3.05, 3.63) is 87.4 Å². The zero-order chi connectivity index (χ0) is 28.0. The van der Waals surface area contributed by atoms with Gasteiger partial charge in [0.2, 0.25) is 0 Å². The van der Waals surface area contributed by atoms with Gasteiger partial charge >= 0.3 is 5.97 Å². The molecule has 38 heavy (non-hydrogen) atoms. The summed E-state index contributed by atoms with van der Waals surface area (Å²) in [6.45, 7) is 0. The fraction of sp³-hybridized carbons (Fsp3) is 0.231. The average Bonchev–Trinajstić information content (AvgIpc) is 2.83. The molecule has 3 rings (SSSR count). The molecule has 3 aromatic carbocycles. The Labute approximate surface area is 232 Å². The third-order valence-corrected chi connectivity index (χ3v) is 9.27. The number of aromatic hydroxyl groups is 1. The van der Waals surface area contributed by atoms with Crippen LogP contribution in [0.2, 0.25) is 10.0 Å². The van der Waals surface area contributed by atoms with E-state index in [1.54, 1.807) is 43.5 Å². The molecule has 3 N–H and O–H groups in total. The summed E-state index contributed by atoms with van der Waals surface area (Å²) in [4.78, 5) is 24.9. The number of hydrogen-bond acceptors (Lipinski definition) is 6. The highest BCUT2D eigenvalue weighted by atomic mass is 35.5. The highest BCUT2D eigenvalue weighted by Gasteiger charge is 2.25. The standard InChI is InChI=1S/C26H26Cl2NO7PS/c1-36-37(19-7-4-6-18(30)15-19)10-9-17-12-21(27)24(22(28)13-17)25(31)29-23(26(32)33)14-16-5-3-8-20(11-16)38(2,34)35/h3-8,11-13,15,23,30H,9-10,14H2,1-2H3,(H,29,31)(H,32,33). The maximum absolute atomic E-state index is 13.0. The zero-order valence-corrected chi connectivity index (χ0v) is 23.7. The van der Waals surface area contributed by atoms with Crippen LogP contribution in [0.15, 0.2) is 65.6 Å². The highest BCUT2D eigenvalue weighted by Crippen LogP contribution is 2.37. The van der Waals surface area contributed by atoms with Crippen LogP contribution in [0.3, 0.4) is 0 Å². The first kappa shape index (κ1) is 29.9. The number of carbonyl (C=O) groups excluding carboxylic acids is 1. The first-order valence-electron chi connectivity index (χ1n) is 11.3. The van der Waals surface area contributed by atoms with E-state index in [0.29, 0.717) is 18.1 Å². The number of carboxylic acids is 1. The average molecular weight is 598 g/mol. The fourth-order valence-electron chi connectivity index (χ4n) is 3.76. The second-order valence-electron chi connectivity index (χ2n) is 8.48. The number of aryl methyl sites for hydroxylation is 1. The number of phenolic OH excluding ortho intramolecular Hbond substituents is 1. The molecule has 0 heterocycles. The minimum absolute atomic E-state index is 0.0494. The zero-order valence-electron chi connectivity index (χ0n) is 20.5. The van der Waals surface area contributed by atoms with Gasteiger partial charge in [-0.05, 0) is 53.9 Å². The van der Waals surface area contributed by atoms with Gasteiger partial charge in [-0.3, -0.25) is 4.79 Å². The van der Waals surface area contributed by atoms with Crippen molar-refractivity contribution in [1.82, 2.24) is 5.32 Å². The van der Waals surface area contributed by atoms with E-state index in [1.165, 1.54) is 18.2 Å². The van der Waals surface area contributed by atoms with Gasteiger partial charge in [0.1, 0.15) is 11.8 Å². The Kier molecular flexibility index (Phi) is 10.2. The Morgan fingerprint density at radius 1 is 1.03 bits per heavy atom. The second-order valence-corrected chi connectivity index (χ2v) is 13.4. The molecule has 12 heteroatoms. The maximum Gasteiger partial charge on any atom is 0.326 e. The van der Waals surface area contributed by atoms with Crippen LogP contribution in [0.5, 0.6) is 5.75 Å². The normalized spacial score (nSPS) is 13.1. The first-order chi connectivity index (χ1) is 17.9. The summed E-state index contributed by atoms with van der Waals surface area (Å²) < 4.78 is 29.3. The number of rotatable bonds is 11. The van der Waals surface area contributed by atoms with Crippen LogP contribution in [0.4, 0.5) is 0 Å². The van der Waals surface area contributed by atoms with Crippen LogP contribution in [-0.4, -0.2) is 56.1 Å². The van der Waals surface area contributed by atoms with E-state index < -0.39 is 35.9 Å². The van der Waals surface area contributed by atoms with Crippen molar-refractivity contribution in [3.63, 3.8) is 0 Å². The van der Waals surface area contributed by atoms with Crippen LogP contribution in [-0.2, 0) is 32.0 Å². The summed E-state index contributed by atoms with van der Waals surface area (Å²) in [6, 6.07) is 14.6. The molecule has 202 valence electrons. The van der Waals surface area contributed by atoms with Crippen LogP contribution < -0.4 is 10.6 Å². The molecule has 1 amide bonds. The Hall–Kier alpha value is -2.68. The maximum atomic E-state index is 13.0. The molecule has 0 saturated carbocycles. The third-order valence-electron chi connectivity index (χ3n) is 5.64. The van der Waals surface area contributed by atoms with Crippen LogP contribution >= 0.6 is 31.4 Å². The monoisotopic (exact) mass is 597 g/mol. The summed E-state index contributed by atoms with van der Waals surface area (Å²) in [5.41, 5.74) is 1.12. The molecular weight excluding hydrogens is 572 g/mol. The number of carbonyl (C=O) groups is 2. The third kappa shape index (κ3) is 7.91. The Morgan fingerprint density at radius 3 is 2.26 bits per heavy atom. The topological polar surface area (TPSA) is 130 Å². The molecule has 0 bridgehead atoms. The van der Waals surface area contributed by atoms with Crippen molar-refractivity contribution in [3.8, 4) is 5.75 Å². The molecular formula is C26H26Cl2NO7PS. The van der Waals surface area contributed by atoms with E-state index in [2.05, 4.69) is 5.32 Å². The first-order valence-corrected chi connectivity index (χ1v) is 15.4. The second kappa shape index (κ2) is 12.9. The highest BCUT2D eigenvalue weighted by molar-refractivity contribution is 7.90. The van der Waals surface area contributed by atoms with Crippen LogP contribution in [0.25, 0.3) is 0 Å². The van der Waals surface area contributed by atoms with E-state index in [-0.39, 0.29) is 32.7 Å². The van der Waals surface area contributed by atoms with E-state index >= 15 is 0 Å². The molecule has 3 aromatic rings. The summed E-state index contributed by atoms with van der Waals surface area (Å²) >= 11 is 12.8. The lowest BCUT2D eigenvalue weighted by molar-refractivity contribution is -0.139. The van der Waals surface area contributed by atoms with Crippen molar-refractivity contribution in [2.45, 2.75) is 23.8 Å². The number of carboxylic acid groups (broad SMARTS) is 1. The molecule has 0 aliphatic heterocycles. The number of halogens is 2. The largest absolute Gasteiger partial charge is 0.508 e. The number of amides is 1. The van der Waals surface area contributed by atoms with Gasteiger partial charge in [0.25, 0.3) is 5.91 Å². The van der Waals surface area contributed by atoms with Crippen molar-refractivity contribution in [1.29, 1.82) is 0 Å². The van der Waals surface area contributed by atoms with Crippen LogP contribution in [0.1, 0.15) is 21.5 Å². The quantitative estimate of drug-likeness (QED) is 0.279. The van der Waals surface area contributed by atoms with Gasteiger partial charge in [0.15, 0.2) is 9.84 Å². The smallest absolute Gasteiger partial charge is 0.326 e. The van der Waals surface area contributed by atoms with Gasteiger partial charge in [-0.25, -0.2) is 13.2 Å². The van der Waals surface area contributed by atoms with Gasteiger partial charge in [-0.15, -0.1) is 0 Å². The molecule has 0 aliphatic carbocycles. The van der Waals surface area contributed by atoms with Crippen molar-refractivity contribution in [2.24, 2.45) is 0 Å². The number of hydrogen-bond donors (Lipinski definition) is 3. The Morgan fingerprint density at radius 2 is 1.68 bits per heavy atom. The van der Waals surface area contributed by atoms with E-state index in [1.807, 2.05) is 6.07 Å². The number of benzene rings is 3. The van der Waals surface area contributed by atoms with Gasteiger partial charge in [0.05, 0.1) is 28.7 Å². The minimum atomic E-state index is -3.48. The predicted molar refractivity (Wildman–Crippen MR) is 149 cm³/mol. The van der Waals surface area contributed by atoms with Gasteiger partial charge < -0.3 is 20.1 Å². The SMILES string of the molecule is COP(CCc1cc(Cl)c(C(=O)NC(Cc2cccc(S(C)(=O)=O)c2)C(=O)O)c(Cl)c1)c1cccc(O)c1. The lowest BCUT2D eigenvalue weighted by Gasteiger charge is -2.18. The lowest BCUT2D eigenvalue weighted by atomic mass is 10.0. The predicted octanol–water partition coefficient (Wildman–Crippen LogP) is 4.44. The van der Waals surface area contributed by atoms with Crippen molar-refractivity contribution in [2.75, 3.05) is 19.5 Å². The minimum Gasteiger partial charge on any atom is -0.508 e. The van der Waals surface area contributed by atoms with Gasteiger partial charge in [-0.1, -0.05) is 47.5 Å². The Bertz CT molecular complexity index is 1430. The van der Waals surface area contributed by atoms with Crippen LogP contribution in [0, 0.1) is 0 Å². The summed E-state index contributed by atoms with van der Waals surface area (Å²) in [6.07, 6.45) is 2.05. The fourth-order valence-corrected chi connectivity index (χ4v) is 6.80. The number of sulfone groups is 1. The summed E-state index contributed by atoms with van der Waals surface area (Å²) in [5, 5.41) is 22.8. The lowest BCUT2D eigenvalue weighted by Crippen LogP contribution is -2.42. The molecule has 0 radical (unpaired) electrons. The molecule has 0 aliphatic rings. The summed E-state index contributed by atoms with van der Waals surface area (Å²) in [5.74, 6) is -1.92. The van der Waals surface area contributed by atoms with Gasteiger partial charge in [0, 0.05) is 31.3 Å². The van der Waals surface area contributed by atoms with E-state index in [9.17, 15) is 28.2 Å². The van der Waals surface area contributed by atoms with E-state index in [0.717, 1.165) is 17.1 Å². The van der Waals surface area contributed by atoms with Gasteiger partial charge in [-0.2, -0.15) is 0 Å². The van der Waals surface area contributed by atoms with Crippen molar-refractivity contribution >= 4 is 58.4 Å². The summed E-state index contributed by atoms with van der Waals surface area (Å²) in [7, 11) is -2.90. The molecule has 2 unspecified atom stereocenters. The number of aliphatic carboxylic acids is 1. The van der Waals surface area contributed by atoms with Crippen molar-refractivity contribution < 1.29 is 32.7 Å². The molecule has 0 fully saturated rings. The number of phenols is 1. The molecule has 8 nitrogen and oxygen atoms in total. The number of nitrogens with one attached hydrogen (secondary N) is 1. The Balaban J connectivity index is 1.74. The molecule has 0 saturated heterocycles. The molecule has 2 atom stereocenters. The molecule has 0 aromatic heterocycles. The molecule has 0 spiro atoms.